The van der Waals surface area contributed by atoms with Gasteiger partial charge in [0.1, 0.15) is 0 Å². The van der Waals surface area contributed by atoms with E-state index in [2.05, 4.69) is 140 Å². The fraction of sp³-hybridized carbons (Fsp3) is 0.111. The second-order valence-corrected chi connectivity index (χ2v) is 11.4. The van der Waals surface area contributed by atoms with Crippen molar-refractivity contribution in [3.05, 3.63) is 121 Å². The third-order valence-electron chi connectivity index (χ3n) is 7.72. The molecule has 0 aliphatic carbocycles. The van der Waals surface area contributed by atoms with Gasteiger partial charge < -0.3 is 8.39 Å². The van der Waals surface area contributed by atoms with Crippen molar-refractivity contribution < 1.29 is 8.39 Å². The van der Waals surface area contributed by atoms with E-state index in [1.807, 2.05) is 0 Å². The lowest BCUT2D eigenvalue weighted by atomic mass is 9.91. The molecule has 196 valence electrons. The summed E-state index contributed by atoms with van der Waals surface area (Å²) in [7, 11) is -1.43. The van der Waals surface area contributed by atoms with Gasteiger partial charge in [0.15, 0.2) is 11.2 Å². The molecule has 0 radical (unpaired) electrons. The number of rotatable bonds is 5. The fourth-order valence-corrected chi connectivity index (χ4v) is 7.17. The zero-order valence-electron chi connectivity index (χ0n) is 22.7. The molecule has 1 heterocycles. The van der Waals surface area contributed by atoms with Gasteiger partial charge in [0, 0.05) is 35.0 Å². The van der Waals surface area contributed by atoms with Gasteiger partial charge >= 0.3 is 8.16 Å². The SMILES string of the molecule is CCN(CC)p1oc2c(-c3ccccc3)cc3ccccc3c2c2c(o1)c(-c1ccccc1)cc1ccccc12. The predicted octanol–water partition coefficient (Wildman–Crippen LogP) is 10.9. The van der Waals surface area contributed by atoms with Crippen molar-refractivity contribution in [2.24, 2.45) is 0 Å². The maximum absolute atomic E-state index is 7.09. The van der Waals surface area contributed by atoms with Crippen molar-refractivity contribution in [1.29, 1.82) is 0 Å². The smallest absolute Gasteiger partial charge is 0.309 e. The summed E-state index contributed by atoms with van der Waals surface area (Å²) in [5.74, 6) is 0. The molecule has 6 aromatic carbocycles. The highest BCUT2D eigenvalue weighted by Crippen LogP contribution is 2.47. The Kier molecular flexibility index (Phi) is 6.40. The summed E-state index contributed by atoms with van der Waals surface area (Å²) in [5.41, 5.74) is 6.20. The Morgan fingerprint density at radius 2 is 0.925 bits per heavy atom. The van der Waals surface area contributed by atoms with Crippen LogP contribution >= 0.6 is 8.16 Å². The number of benzene rings is 6. The van der Waals surface area contributed by atoms with Crippen molar-refractivity contribution in [3.63, 3.8) is 0 Å². The Labute approximate surface area is 234 Å². The number of hydrogen-bond acceptors (Lipinski definition) is 3. The van der Waals surface area contributed by atoms with Crippen molar-refractivity contribution in [2.45, 2.75) is 13.8 Å². The Morgan fingerprint density at radius 3 is 1.35 bits per heavy atom. The average Bonchev–Trinajstić information content (AvgIpc) is 3.20. The zero-order valence-corrected chi connectivity index (χ0v) is 23.6. The van der Waals surface area contributed by atoms with Crippen LogP contribution in [0.5, 0.6) is 0 Å². The minimum Gasteiger partial charge on any atom is -0.407 e. The highest BCUT2D eigenvalue weighted by molar-refractivity contribution is 7.39. The zero-order chi connectivity index (χ0) is 27.1. The molecule has 0 N–H and O–H groups in total. The molecule has 0 unspecified atom stereocenters. The summed E-state index contributed by atoms with van der Waals surface area (Å²) < 4.78 is 16.5. The summed E-state index contributed by atoms with van der Waals surface area (Å²) in [5, 5.41) is 6.87. The topological polar surface area (TPSA) is 29.5 Å². The molecule has 7 rings (SSSR count). The third kappa shape index (κ3) is 4.10. The average molecular weight is 540 g/mol. The van der Waals surface area contributed by atoms with Gasteiger partial charge in [0.2, 0.25) is 0 Å². The molecule has 0 saturated heterocycles. The van der Waals surface area contributed by atoms with Crippen LogP contribution in [0.2, 0.25) is 0 Å². The molecule has 7 aromatic rings. The van der Waals surface area contributed by atoms with Crippen molar-refractivity contribution in [2.75, 3.05) is 17.8 Å². The Bertz CT molecular complexity index is 1890. The predicted molar refractivity (Wildman–Crippen MR) is 172 cm³/mol. The first-order valence-electron chi connectivity index (χ1n) is 13.9. The molecule has 0 fully saturated rings. The second kappa shape index (κ2) is 10.4. The lowest BCUT2D eigenvalue weighted by molar-refractivity contribution is 0.625. The number of fused-ring (bicyclic) bond motifs is 7. The van der Waals surface area contributed by atoms with E-state index in [1.54, 1.807) is 0 Å². The first-order chi connectivity index (χ1) is 19.8. The molecule has 0 saturated carbocycles. The Morgan fingerprint density at radius 1 is 0.525 bits per heavy atom. The summed E-state index contributed by atoms with van der Waals surface area (Å²) in [6, 6.07) is 43.0. The Balaban J connectivity index is 1.83. The van der Waals surface area contributed by atoms with E-state index in [0.29, 0.717) is 0 Å². The van der Waals surface area contributed by atoms with Gasteiger partial charge in [0.25, 0.3) is 0 Å². The summed E-state index contributed by atoms with van der Waals surface area (Å²) >= 11 is 0. The molecule has 4 heteroatoms. The van der Waals surface area contributed by atoms with Crippen LogP contribution in [0.1, 0.15) is 13.8 Å². The monoisotopic (exact) mass is 539 g/mol. The first-order valence-corrected chi connectivity index (χ1v) is 15.0. The van der Waals surface area contributed by atoms with Crippen LogP contribution in [0.4, 0.5) is 0 Å². The van der Waals surface area contributed by atoms with Gasteiger partial charge in [0.05, 0.1) is 0 Å². The molecule has 0 aliphatic heterocycles. The molecule has 3 nitrogen and oxygen atoms in total. The molecule has 0 spiro atoms. The van der Waals surface area contributed by atoms with Crippen molar-refractivity contribution in [1.82, 2.24) is 0 Å². The van der Waals surface area contributed by atoms with E-state index in [0.717, 1.165) is 68.1 Å². The van der Waals surface area contributed by atoms with Crippen LogP contribution < -0.4 is 4.67 Å². The van der Waals surface area contributed by atoms with E-state index in [4.69, 9.17) is 8.39 Å². The molecular formula is C36H30NO2P. The lowest BCUT2D eigenvalue weighted by Crippen LogP contribution is -2.17. The molecular weight excluding hydrogens is 509 g/mol. The fourth-order valence-electron chi connectivity index (χ4n) is 5.75. The molecule has 0 bridgehead atoms. The van der Waals surface area contributed by atoms with Crippen molar-refractivity contribution in [3.8, 4) is 22.3 Å². The largest absolute Gasteiger partial charge is 0.407 e. The minimum absolute atomic E-state index is 0.829. The minimum atomic E-state index is -1.43. The van der Waals surface area contributed by atoms with Crippen LogP contribution in [0.25, 0.3) is 65.7 Å². The van der Waals surface area contributed by atoms with Gasteiger partial charge in [-0.3, -0.25) is 0 Å². The second-order valence-electron chi connectivity index (χ2n) is 9.99. The van der Waals surface area contributed by atoms with Gasteiger partial charge in [-0.25, -0.2) is 4.67 Å². The van der Waals surface area contributed by atoms with E-state index in [9.17, 15) is 0 Å². The van der Waals surface area contributed by atoms with Gasteiger partial charge in [-0.05, 0) is 44.8 Å². The molecule has 0 amide bonds. The van der Waals surface area contributed by atoms with Crippen LogP contribution in [-0.2, 0) is 0 Å². The van der Waals surface area contributed by atoms with Crippen LogP contribution in [0.15, 0.2) is 130 Å². The summed E-state index contributed by atoms with van der Waals surface area (Å²) in [6.45, 7) is 6.00. The molecule has 0 aliphatic rings. The maximum Gasteiger partial charge on any atom is 0.309 e. The summed E-state index contributed by atoms with van der Waals surface area (Å²) in [6.07, 6.45) is 0. The van der Waals surface area contributed by atoms with Gasteiger partial charge in [-0.2, -0.15) is 0 Å². The van der Waals surface area contributed by atoms with E-state index in [1.165, 1.54) is 10.8 Å². The number of hydrogen-bond donors (Lipinski definition) is 0. The molecule has 0 atom stereocenters. The van der Waals surface area contributed by atoms with Crippen LogP contribution in [0.3, 0.4) is 0 Å². The lowest BCUT2D eigenvalue weighted by Gasteiger charge is -2.14. The quantitative estimate of drug-likeness (QED) is 0.218. The van der Waals surface area contributed by atoms with Gasteiger partial charge in [-0.1, -0.05) is 123 Å². The van der Waals surface area contributed by atoms with E-state index >= 15 is 0 Å². The molecule has 40 heavy (non-hydrogen) atoms. The highest BCUT2D eigenvalue weighted by Gasteiger charge is 2.21. The highest BCUT2D eigenvalue weighted by atomic mass is 31.1. The normalized spacial score (nSPS) is 11.7. The molecule has 1 aromatic heterocycles. The third-order valence-corrected chi connectivity index (χ3v) is 9.43. The number of nitrogens with zero attached hydrogens (tertiary/aromatic N) is 1. The Hall–Kier alpha value is -4.30. The standard InChI is InChI=1S/C36H30NO2P/c1-3-37(4-2)40-38-35-31(25-15-7-5-8-16-25)23-27-19-11-13-21-29(27)33(35)34-30-22-14-12-20-28(30)24-32(36(34)39-40)26-17-9-6-10-18-26/h5-24H,3-4H2,1-2H3. The van der Waals surface area contributed by atoms with E-state index in [-0.39, 0.29) is 0 Å². The van der Waals surface area contributed by atoms with Crippen molar-refractivity contribution >= 4 is 51.6 Å². The van der Waals surface area contributed by atoms with E-state index < -0.39 is 8.16 Å². The summed E-state index contributed by atoms with van der Waals surface area (Å²) in [4.78, 5) is 0. The van der Waals surface area contributed by atoms with Crippen LogP contribution in [-0.4, -0.2) is 13.1 Å². The maximum atomic E-state index is 7.09. The van der Waals surface area contributed by atoms with Crippen LogP contribution in [0, 0.1) is 0 Å². The first kappa shape index (κ1) is 24.7. The van der Waals surface area contributed by atoms with Gasteiger partial charge in [-0.15, -0.1) is 0 Å².